The Morgan fingerprint density at radius 3 is 2.61 bits per heavy atom. The molecule has 1 aliphatic rings. The van der Waals surface area contributed by atoms with Crippen molar-refractivity contribution in [3.8, 4) is 0 Å². The number of hydrazone groups is 1. The predicted molar refractivity (Wildman–Crippen MR) is 88.1 cm³/mol. The van der Waals surface area contributed by atoms with Crippen LogP contribution in [0.4, 0.5) is 0 Å². The van der Waals surface area contributed by atoms with Crippen LogP contribution in [0.25, 0.3) is 0 Å². The number of nitrogens with zero attached hydrogens (tertiary/aromatic N) is 1. The summed E-state index contributed by atoms with van der Waals surface area (Å²) in [5.41, 5.74) is 3.27. The molecule has 1 unspecified atom stereocenters. The highest BCUT2D eigenvalue weighted by atomic mass is 16.3. The highest BCUT2D eigenvalue weighted by Gasteiger charge is 2.33. The molecule has 1 aromatic rings. The number of carbonyl (C=O) groups excluding carboxylic acids is 2. The first-order valence-corrected chi connectivity index (χ1v) is 7.54. The molecule has 2 rings (SSSR count). The molecule has 6 heteroatoms. The van der Waals surface area contributed by atoms with Gasteiger partial charge in [0.25, 0.3) is 11.8 Å². The lowest BCUT2D eigenvalue weighted by Crippen LogP contribution is -2.30. The zero-order valence-corrected chi connectivity index (χ0v) is 13.5. The Hall–Kier alpha value is -2.63. The van der Waals surface area contributed by atoms with Gasteiger partial charge in [-0.15, -0.1) is 0 Å². The summed E-state index contributed by atoms with van der Waals surface area (Å²) in [6.07, 6.45) is 0.644. The van der Waals surface area contributed by atoms with Gasteiger partial charge in [0.15, 0.2) is 0 Å². The van der Waals surface area contributed by atoms with Crippen molar-refractivity contribution in [3.05, 3.63) is 47.2 Å². The molecule has 0 radical (unpaired) electrons. The molecule has 0 saturated carbocycles. The molecule has 0 aromatic heterocycles. The van der Waals surface area contributed by atoms with Crippen LogP contribution in [-0.2, 0) is 4.79 Å². The van der Waals surface area contributed by atoms with Gasteiger partial charge in [0.2, 0.25) is 0 Å². The summed E-state index contributed by atoms with van der Waals surface area (Å²) in [7, 11) is 0. The molecule has 1 aliphatic heterocycles. The Kier molecular flexibility index (Phi) is 5.16. The summed E-state index contributed by atoms with van der Waals surface area (Å²) >= 11 is 0. The highest BCUT2D eigenvalue weighted by molar-refractivity contribution is 6.22. The van der Waals surface area contributed by atoms with Gasteiger partial charge >= 0.3 is 0 Å². The molecule has 23 heavy (non-hydrogen) atoms. The summed E-state index contributed by atoms with van der Waals surface area (Å²) in [6, 6.07) is 8.25. The van der Waals surface area contributed by atoms with E-state index in [0.717, 1.165) is 0 Å². The van der Waals surface area contributed by atoms with Gasteiger partial charge in [0.1, 0.15) is 11.3 Å². The fourth-order valence-electron chi connectivity index (χ4n) is 2.43. The van der Waals surface area contributed by atoms with Crippen molar-refractivity contribution in [1.82, 2.24) is 10.7 Å². The van der Waals surface area contributed by atoms with Crippen LogP contribution in [0.5, 0.6) is 0 Å². The minimum absolute atomic E-state index is 0.0149. The van der Waals surface area contributed by atoms with E-state index in [0.29, 0.717) is 17.9 Å². The third-order valence-electron chi connectivity index (χ3n) is 3.55. The zero-order chi connectivity index (χ0) is 17.0. The molecule has 1 heterocycles. The molecule has 6 nitrogen and oxygen atoms in total. The Bertz CT molecular complexity index is 663. The largest absolute Gasteiger partial charge is 0.509 e. The maximum absolute atomic E-state index is 12.0. The van der Waals surface area contributed by atoms with Gasteiger partial charge in [0, 0.05) is 5.56 Å². The number of hydrogen-bond donors (Lipinski definition) is 3. The predicted octanol–water partition coefficient (Wildman–Crippen LogP) is 2.15. The van der Waals surface area contributed by atoms with E-state index in [1.54, 1.807) is 31.2 Å². The van der Waals surface area contributed by atoms with E-state index in [1.165, 1.54) is 0 Å². The Morgan fingerprint density at radius 1 is 1.35 bits per heavy atom. The number of hydrogen-bond acceptors (Lipinski definition) is 4. The second-order valence-electron chi connectivity index (χ2n) is 5.92. The van der Waals surface area contributed by atoms with Crippen molar-refractivity contribution in [2.75, 3.05) is 0 Å². The molecule has 0 aliphatic carbocycles. The second-order valence-corrected chi connectivity index (χ2v) is 5.92. The van der Waals surface area contributed by atoms with Crippen LogP contribution < -0.4 is 10.7 Å². The van der Waals surface area contributed by atoms with Gasteiger partial charge in [0.05, 0.1) is 11.8 Å². The molecule has 0 bridgehead atoms. The SMILES string of the molecule is C/C(=N\NC(=O)c1ccccc1)C1=C(O)C(CC(C)C)NC1=O. The van der Waals surface area contributed by atoms with Crippen molar-refractivity contribution >= 4 is 17.5 Å². The quantitative estimate of drug-likeness (QED) is 0.574. The van der Waals surface area contributed by atoms with E-state index in [9.17, 15) is 14.7 Å². The number of aliphatic hydroxyl groups is 1. The topological polar surface area (TPSA) is 90.8 Å². The average Bonchev–Trinajstić information content (AvgIpc) is 2.79. The van der Waals surface area contributed by atoms with Crippen molar-refractivity contribution in [2.24, 2.45) is 11.0 Å². The number of benzene rings is 1. The number of rotatable bonds is 5. The van der Waals surface area contributed by atoms with E-state index < -0.39 is 6.04 Å². The van der Waals surface area contributed by atoms with E-state index in [4.69, 9.17) is 0 Å². The van der Waals surface area contributed by atoms with Crippen LogP contribution in [0.15, 0.2) is 46.8 Å². The van der Waals surface area contributed by atoms with Gasteiger partial charge in [-0.3, -0.25) is 9.59 Å². The van der Waals surface area contributed by atoms with E-state index in [-0.39, 0.29) is 28.9 Å². The lowest BCUT2D eigenvalue weighted by Gasteiger charge is -2.13. The monoisotopic (exact) mass is 315 g/mol. The fourth-order valence-corrected chi connectivity index (χ4v) is 2.43. The normalized spacial score (nSPS) is 18.3. The molecule has 2 amide bonds. The summed E-state index contributed by atoms with van der Waals surface area (Å²) < 4.78 is 0. The molecule has 1 atom stereocenters. The third kappa shape index (κ3) is 3.97. The molecule has 0 spiro atoms. The molecule has 3 N–H and O–H groups in total. The third-order valence-corrected chi connectivity index (χ3v) is 3.55. The van der Waals surface area contributed by atoms with Crippen LogP contribution in [0.1, 0.15) is 37.6 Å². The minimum Gasteiger partial charge on any atom is -0.509 e. The van der Waals surface area contributed by atoms with Crippen molar-refractivity contribution in [3.63, 3.8) is 0 Å². The number of amides is 2. The number of carbonyl (C=O) groups is 2. The standard InChI is InChI=1S/C17H21N3O3/c1-10(2)9-13-15(21)14(17(23)18-13)11(3)19-20-16(22)12-7-5-4-6-8-12/h4-8,10,13,21H,9H2,1-3H3,(H,18,23)(H,20,22)/b19-11+. The molecular weight excluding hydrogens is 294 g/mol. The van der Waals surface area contributed by atoms with Gasteiger partial charge < -0.3 is 10.4 Å². The Morgan fingerprint density at radius 2 is 2.00 bits per heavy atom. The van der Waals surface area contributed by atoms with Crippen LogP contribution in [0.2, 0.25) is 0 Å². The van der Waals surface area contributed by atoms with Gasteiger partial charge in [-0.05, 0) is 31.4 Å². The first-order chi connectivity index (χ1) is 10.9. The molecule has 122 valence electrons. The van der Waals surface area contributed by atoms with E-state index in [1.807, 2.05) is 19.9 Å². The summed E-state index contributed by atoms with van der Waals surface area (Å²) in [6.45, 7) is 5.60. The maximum atomic E-state index is 12.0. The minimum atomic E-state index is -0.396. The van der Waals surface area contributed by atoms with E-state index in [2.05, 4.69) is 15.8 Å². The van der Waals surface area contributed by atoms with Crippen molar-refractivity contribution in [2.45, 2.75) is 33.2 Å². The summed E-state index contributed by atoms with van der Waals surface area (Å²) in [5.74, 6) is -0.429. The Labute approximate surface area is 135 Å². The summed E-state index contributed by atoms with van der Waals surface area (Å²) in [5, 5.41) is 16.9. The number of nitrogens with one attached hydrogen (secondary N) is 2. The average molecular weight is 315 g/mol. The van der Waals surface area contributed by atoms with Crippen LogP contribution >= 0.6 is 0 Å². The first kappa shape index (κ1) is 16.7. The lowest BCUT2D eigenvalue weighted by atomic mass is 10.0. The molecule has 0 fully saturated rings. The first-order valence-electron chi connectivity index (χ1n) is 7.54. The Balaban J connectivity index is 2.12. The number of aliphatic hydroxyl groups excluding tert-OH is 1. The molecular formula is C17H21N3O3. The van der Waals surface area contributed by atoms with Crippen molar-refractivity contribution < 1.29 is 14.7 Å². The van der Waals surface area contributed by atoms with Crippen LogP contribution in [-0.4, -0.2) is 28.7 Å². The zero-order valence-electron chi connectivity index (χ0n) is 13.5. The highest BCUT2D eigenvalue weighted by Crippen LogP contribution is 2.21. The van der Waals surface area contributed by atoms with E-state index >= 15 is 0 Å². The van der Waals surface area contributed by atoms with Crippen molar-refractivity contribution in [1.29, 1.82) is 0 Å². The van der Waals surface area contributed by atoms with Gasteiger partial charge in [-0.1, -0.05) is 32.0 Å². The fraction of sp³-hybridized carbons (Fsp3) is 0.353. The van der Waals surface area contributed by atoms with Crippen LogP contribution in [0, 0.1) is 5.92 Å². The maximum Gasteiger partial charge on any atom is 0.271 e. The lowest BCUT2D eigenvalue weighted by molar-refractivity contribution is -0.116. The second kappa shape index (κ2) is 7.09. The molecule has 1 aromatic carbocycles. The molecule has 0 saturated heterocycles. The smallest absolute Gasteiger partial charge is 0.271 e. The van der Waals surface area contributed by atoms with Crippen LogP contribution in [0.3, 0.4) is 0 Å². The van der Waals surface area contributed by atoms with Gasteiger partial charge in [-0.25, -0.2) is 5.43 Å². The summed E-state index contributed by atoms with van der Waals surface area (Å²) in [4.78, 5) is 23.9. The van der Waals surface area contributed by atoms with Gasteiger partial charge in [-0.2, -0.15) is 5.10 Å².